The van der Waals surface area contributed by atoms with E-state index in [0.29, 0.717) is 5.75 Å². The smallest absolute Gasteiger partial charge is 0.262 e. The predicted octanol–water partition coefficient (Wildman–Crippen LogP) is 1.66. The van der Waals surface area contributed by atoms with Crippen LogP contribution in [0.2, 0.25) is 0 Å². The van der Waals surface area contributed by atoms with Crippen LogP contribution in [0.25, 0.3) is 0 Å². The van der Waals surface area contributed by atoms with Gasteiger partial charge in [0, 0.05) is 6.92 Å². The summed E-state index contributed by atoms with van der Waals surface area (Å²) in [5, 5.41) is 2.51. The maximum atomic E-state index is 12.1. The number of hydrogen-bond donors (Lipinski definition) is 2. The maximum absolute atomic E-state index is 12.1. The summed E-state index contributed by atoms with van der Waals surface area (Å²) in [6.45, 7) is 6.46. The van der Waals surface area contributed by atoms with Gasteiger partial charge in [-0.25, -0.2) is 8.42 Å². The van der Waals surface area contributed by atoms with Crippen molar-refractivity contribution in [3.63, 3.8) is 0 Å². The Labute approximate surface area is 124 Å². The Kier molecular flexibility index (Phi) is 5.32. The summed E-state index contributed by atoms with van der Waals surface area (Å²) in [4.78, 5) is 18.2. The Hall–Kier alpha value is -1.64. The average molecular weight is 316 g/mol. The normalized spacial score (nSPS) is 12.0. The number of carbonyl (C=O) groups is 1. The Morgan fingerprint density at radius 3 is 2.33 bits per heavy atom. The van der Waals surface area contributed by atoms with E-state index in [1.165, 1.54) is 32.2 Å². The topological polar surface area (TPSA) is 93.7 Å². The minimum absolute atomic E-state index is 0.0451. The summed E-state index contributed by atoms with van der Waals surface area (Å²) in [5.74, 6) is 0.0302. The van der Waals surface area contributed by atoms with E-state index in [9.17, 15) is 13.2 Å². The molecule has 1 aromatic carbocycles. The Morgan fingerprint density at radius 2 is 1.86 bits per heavy atom. The second-order valence-corrected chi connectivity index (χ2v) is 6.99. The lowest BCUT2D eigenvalue weighted by Gasteiger charge is -2.19. The third kappa shape index (κ3) is 5.33. The van der Waals surface area contributed by atoms with Crippen LogP contribution < -0.4 is 14.9 Å². The fourth-order valence-electron chi connectivity index (χ4n) is 1.37. The van der Waals surface area contributed by atoms with Crippen molar-refractivity contribution in [2.24, 2.45) is 0 Å². The first-order valence-corrected chi connectivity index (χ1v) is 7.69. The lowest BCUT2D eigenvalue weighted by atomic mass is 10.2. The third-order valence-electron chi connectivity index (χ3n) is 2.25. The van der Waals surface area contributed by atoms with E-state index < -0.39 is 15.6 Å². The number of sulfonamides is 1. The molecular weight excluding hydrogens is 296 g/mol. The van der Waals surface area contributed by atoms with E-state index in [1.54, 1.807) is 20.8 Å². The van der Waals surface area contributed by atoms with Crippen LogP contribution in [0.3, 0.4) is 0 Å². The standard InChI is InChI=1S/C13H20N2O5S/c1-9(16)14-11-8-10(6-7-12(11)19-5)21(17,18)15-20-13(2,3)4/h6-8,15H,1-5H3,(H,14,16). The Balaban J connectivity index is 3.10. The van der Waals surface area contributed by atoms with Gasteiger partial charge in [0.2, 0.25) is 5.91 Å². The number of ether oxygens (including phenoxy) is 1. The molecule has 0 unspecified atom stereocenters. The van der Waals surface area contributed by atoms with E-state index in [-0.39, 0.29) is 16.5 Å². The number of amides is 1. The lowest BCUT2D eigenvalue weighted by Crippen LogP contribution is -2.33. The van der Waals surface area contributed by atoms with Crippen LogP contribution in [-0.2, 0) is 19.7 Å². The van der Waals surface area contributed by atoms with Gasteiger partial charge in [0.15, 0.2) is 0 Å². The quantitative estimate of drug-likeness (QED) is 0.806. The van der Waals surface area contributed by atoms with Crippen molar-refractivity contribution in [2.75, 3.05) is 12.4 Å². The molecule has 0 aliphatic rings. The number of anilines is 1. The van der Waals surface area contributed by atoms with Crippen LogP contribution in [-0.4, -0.2) is 27.0 Å². The molecule has 0 aliphatic carbocycles. The molecule has 1 amide bonds. The van der Waals surface area contributed by atoms with E-state index >= 15 is 0 Å². The van der Waals surface area contributed by atoms with Gasteiger partial charge in [-0.3, -0.25) is 9.63 Å². The highest BCUT2D eigenvalue weighted by Gasteiger charge is 2.20. The van der Waals surface area contributed by atoms with Gasteiger partial charge in [-0.1, -0.05) is 4.89 Å². The number of nitrogens with one attached hydrogen (secondary N) is 2. The molecule has 0 spiro atoms. The highest BCUT2D eigenvalue weighted by atomic mass is 32.2. The fourth-order valence-corrected chi connectivity index (χ4v) is 2.35. The fraction of sp³-hybridized carbons (Fsp3) is 0.462. The van der Waals surface area contributed by atoms with E-state index in [2.05, 4.69) is 10.2 Å². The van der Waals surface area contributed by atoms with Crippen LogP contribution in [0.4, 0.5) is 5.69 Å². The summed E-state index contributed by atoms with van der Waals surface area (Å²) in [7, 11) is -2.43. The van der Waals surface area contributed by atoms with E-state index in [4.69, 9.17) is 9.57 Å². The van der Waals surface area contributed by atoms with Crippen molar-refractivity contribution < 1.29 is 22.8 Å². The zero-order chi connectivity index (χ0) is 16.3. The zero-order valence-electron chi connectivity index (χ0n) is 12.7. The zero-order valence-corrected chi connectivity index (χ0v) is 13.5. The van der Waals surface area contributed by atoms with Gasteiger partial charge in [-0.05, 0) is 39.0 Å². The molecule has 21 heavy (non-hydrogen) atoms. The van der Waals surface area contributed by atoms with Gasteiger partial charge in [0.05, 0.1) is 23.3 Å². The number of methoxy groups -OCH3 is 1. The molecule has 2 N–H and O–H groups in total. The van der Waals surface area contributed by atoms with Gasteiger partial charge in [-0.15, -0.1) is 0 Å². The number of hydrogen-bond acceptors (Lipinski definition) is 5. The number of rotatable bonds is 5. The van der Waals surface area contributed by atoms with E-state index in [1.807, 2.05) is 0 Å². The van der Waals surface area contributed by atoms with Crippen LogP contribution in [0, 0.1) is 0 Å². The number of carbonyl (C=O) groups excluding carboxylic acids is 1. The van der Waals surface area contributed by atoms with Crippen molar-refractivity contribution >= 4 is 21.6 Å². The molecule has 0 radical (unpaired) electrons. The molecule has 0 saturated carbocycles. The summed E-state index contributed by atoms with van der Waals surface area (Å²) < 4.78 is 29.3. The molecule has 8 heteroatoms. The van der Waals surface area contributed by atoms with Gasteiger partial charge in [0.1, 0.15) is 5.75 Å². The second-order valence-electron chi connectivity index (χ2n) is 5.34. The highest BCUT2D eigenvalue weighted by Crippen LogP contribution is 2.27. The van der Waals surface area contributed by atoms with Gasteiger partial charge in [-0.2, -0.15) is 0 Å². The summed E-state index contributed by atoms with van der Waals surface area (Å²) >= 11 is 0. The lowest BCUT2D eigenvalue weighted by molar-refractivity contribution is -0.114. The first kappa shape index (κ1) is 17.4. The highest BCUT2D eigenvalue weighted by molar-refractivity contribution is 7.89. The Bertz CT molecular complexity index is 620. The molecule has 0 fully saturated rings. The first-order valence-electron chi connectivity index (χ1n) is 6.20. The summed E-state index contributed by atoms with van der Waals surface area (Å²) in [5.41, 5.74) is -0.399. The minimum Gasteiger partial charge on any atom is -0.495 e. The van der Waals surface area contributed by atoms with Crippen molar-refractivity contribution in [1.29, 1.82) is 0 Å². The van der Waals surface area contributed by atoms with Gasteiger partial charge in [0.25, 0.3) is 10.0 Å². The minimum atomic E-state index is -3.86. The third-order valence-corrected chi connectivity index (χ3v) is 3.43. The molecule has 7 nitrogen and oxygen atoms in total. The average Bonchev–Trinajstić information content (AvgIpc) is 2.35. The maximum Gasteiger partial charge on any atom is 0.262 e. The Morgan fingerprint density at radius 1 is 1.24 bits per heavy atom. The van der Waals surface area contributed by atoms with Gasteiger partial charge < -0.3 is 10.1 Å². The van der Waals surface area contributed by atoms with Crippen molar-refractivity contribution in [3.8, 4) is 5.75 Å². The first-order chi connectivity index (χ1) is 9.55. The molecule has 0 heterocycles. The molecule has 118 valence electrons. The molecule has 0 aromatic heterocycles. The monoisotopic (exact) mass is 316 g/mol. The van der Waals surface area contributed by atoms with Crippen molar-refractivity contribution in [2.45, 2.75) is 38.2 Å². The summed E-state index contributed by atoms with van der Waals surface area (Å²) in [6.07, 6.45) is 0. The molecule has 1 rings (SSSR count). The number of benzene rings is 1. The molecule has 0 saturated heterocycles. The van der Waals surface area contributed by atoms with Crippen molar-refractivity contribution in [3.05, 3.63) is 18.2 Å². The molecule has 0 aliphatic heterocycles. The molecule has 0 atom stereocenters. The largest absolute Gasteiger partial charge is 0.495 e. The van der Waals surface area contributed by atoms with Crippen LogP contribution in [0.5, 0.6) is 5.75 Å². The van der Waals surface area contributed by atoms with Gasteiger partial charge >= 0.3 is 0 Å². The second kappa shape index (κ2) is 6.42. The predicted molar refractivity (Wildman–Crippen MR) is 78.5 cm³/mol. The summed E-state index contributed by atoms with van der Waals surface area (Å²) in [6, 6.07) is 4.12. The molecule has 1 aromatic rings. The SMILES string of the molecule is COc1ccc(S(=O)(=O)NOC(C)(C)C)cc1NC(C)=O. The van der Waals surface area contributed by atoms with Crippen LogP contribution in [0.15, 0.2) is 23.1 Å². The van der Waals surface area contributed by atoms with Crippen LogP contribution >= 0.6 is 0 Å². The van der Waals surface area contributed by atoms with Crippen LogP contribution in [0.1, 0.15) is 27.7 Å². The molecular formula is C13H20N2O5S. The van der Waals surface area contributed by atoms with Crippen molar-refractivity contribution in [1.82, 2.24) is 4.89 Å². The van der Waals surface area contributed by atoms with E-state index in [0.717, 1.165) is 0 Å². The molecule has 0 bridgehead atoms.